The van der Waals surface area contributed by atoms with E-state index in [1.165, 1.54) is 35.7 Å². The summed E-state index contributed by atoms with van der Waals surface area (Å²) in [6.45, 7) is 2.05. The van der Waals surface area contributed by atoms with Crippen LogP contribution in [0.2, 0.25) is 0 Å². The van der Waals surface area contributed by atoms with E-state index < -0.39 is 0 Å². The minimum atomic E-state index is 0.605. The minimum absolute atomic E-state index is 0.605. The molecule has 2 aromatic carbocycles. The van der Waals surface area contributed by atoms with Crippen molar-refractivity contribution in [3.05, 3.63) is 95.9 Å². The first-order chi connectivity index (χ1) is 12.9. The number of benzene rings is 2. The van der Waals surface area contributed by atoms with Crippen molar-refractivity contribution >= 4 is 10.9 Å². The molecule has 26 heavy (non-hydrogen) atoms. The molecule has 130 valence electrons. The predicted molar refractivity (Wildman–Crippen MR) is 108 cm³/mol. The van der Waals surface area contributed by atoms with Crippen molar-refractivity contribution in [2.45, 2.75) is 38.3 Å². The quantitative estimate of drug-likeness (QED) is 0.457. The molecule has 2 heteroatoms. The molecule has 0 N–H and O–H groups in total. The maximum atomic E-state index is 2.57. The van der Waals surface area contributed by atoms with E-state index in [2.05, 4.69) is 88.3 Å². The van der Waals surface area contributed by atoms with Crippen molar-refractivity contribution in [3.63, 3.8) is 0 Å². The summed E-state index contributed by atoms with van der Waals surface area (Å²) in [7, 11) is 0. The van der Waals surface area contributed by atoms with Crippen LogP contribution in [0.1, 0.15) is 35.6 Å². The van der Waals surface area contributed by atoms with Crippen molar-refractivity contribution in [1.29, 1.82) is 0 Å². The predicted octanol–water partition coefficient (Wildman–Crippen LogP) is 5.61. The maximum absolute atomic E-state index is 2.57. The Morgan fingerprint density at radius 3 is 2.46 bits per heavy atom. The molecular weight excluding hydrogens is 316 g/mol. The van der Waals surface area contributed by atoms with Crippen LogP contribution in [0.4, 0.5) is 0 Å². The molecular formula is C24H24N2. The molecule has 1 aliphatic carbocycles. The monoisotopic (exact) mass is 340 g/mol. The molecule has 1 aliphatic rings. The van der Waals surface area contributed by atoms with Gasteiger partial charge in [0.2, 0.25) is 0 Å². The average Bonchev–Trinajstić information content (AvgIpc) is 3.30. The summed E-state index contributed by atoms with van der Waals surface area (Å²) in [6.07, 6.45) is 8.14. The van der Waals surface area contributed by atoms with Crippen LogP contribution in [0, 0.1) is 0 Å². The average molecular weight is 340 g/mol. The Balaban J connectivity index is 1.63. The molecule has 1 atom stereocenters. The molecule has 0 aliphatic heterocycles. The number of fused-ring (bicyclic) bond motifs is 3. The molecule has 0 fully saturated rings. The summed E-state index contributed by atoms with van der Waals surface area (Å²) in [5, 5.41) is 1.45. The number of aromatic nitrogens is 2. The Morgan fingerprint density at radius 1 is 0.846 bits per heavy atom. The molecule has 0 amide bonds. The zero-order valence-corrected chi connectivity index (χ0v) is 15.0. The lowest BCUT2D eigenvalue weighted by atomic mass is 9.85. The summed E-state index contributed by atoms with van der Waals surface area (Å²) in [5.74, 6) is 0.605. The van der Waals surface area contributed by atoms with Gasteiger partial charge in [-0.1, -0.05) is 48.5 Å². The summed E-state index contributed by atoms with van der Waals surface area (Å²) in [4.78, 5) is 0. The van der Waals surface area contributed by atoms with Gasteiger partial charge in [0.15, 0.2) is 0 Å². The summed E-state index contributed by atoms with van der Waals surface area (Å²) in [6, 6.07) is 24.1. The third kappa shape index (κ3) is 2.66. The molecule has 1 unspecified atom stereocenters. The molecule has 2 heterocycles. The topological polar surface area (TPSA) is 9.86 Å². The van der Waals surface area contributed by atoms with Gasteiger partial charge < -0.3 is 9.13 Å². The smallest absolute Gasteiger partial charge is 0.0488 e. The number of para-hydroxylation sites is 1. The Hall–Kier alpha value is -2.74. The van der Waals surface area contributed by atoms with E-state index in [0.717, 1.165) is 13.1 Å². The fraction of sp³-hybridized carbons (Fsp3) is 0.250. The number of hydrogen-bond donors (Lipinski definition) is 0. The number of hydrogen-bond acceptors (Lipinski definition) is 0. The van der Waals surface area contributed by atoms with E-state index in [1.807, 2.05) is 0 Å². The van der Waals surface area contributed by atoms with E-state index in [9.17, 15) is 0 Å². The molecule has 4 aromatic rings. The van der Waals surface area contributed by atoms with Crippen molar-refractivity contribution in [2.75, 3.05) is 0 Å². The van der Waals surface area contributed by atoms with E-state index in [4.69, 9.17) is 0 Å². The van der Waals surface area contributed by atoms with Crippen molar-refractivity contribution < 1.29 is 0 Å². The minimum Gasteiger partial charge on any atom is -0.354 e. The van der Waals surface area contributed by atoms with Crippen molar-refractivity contribution in [2.24, 2.45) is 0 Å². The molecule has 2 aromatic heterocycles. The van der Waals surface area contributed by atoms with Gasteiger partial charge in [-0.15, -0.1) is 0 Å². The second-order valence-electron chi connectivity index (χ2n) is 7.42. The van der Waals surface area contributed by atoms with Crippen LogP contribution in [-0.2, 0) is 19.5 Å². The molecule has 0 saturated carbocycles. The standard InChI is InChI=1S/C24H24N2/c1-2-9-19(10-3-1)17-26-22-13-5-4-12-21(22)24-20(11-8-14-23(24)26)18-25-15-6-7-16-25/h1-7,9-10,12-13,15-16,20H,8,11,14,17-18H2. The highest BCUT2D eigenvalue weighted by atomic mass is 15.0. The highest BCUT2D eigenvalue weighted by molar-refractivity contribution is 5.86. The fourth-order valence-electron chi connectivity index (χ4n) is 4.64. The summed E-state index contributed by atoms with van der Waals surface area (Å²) >= 11 is 0. The molecule has 0 spiro atoms. The van der Waals surface area contributed by atoms with Gasteiger partial charge in [-0.25, -0.2) is 0 Å². The highest BCUT2D eigenvalue weighted by Crippen LogP contribution is 2.40. The summed E-state index contributed by atoms with van der Waals surface area (Å²) < 4.78 is 4.91. The second kappa shape index (κ2) is 6.53. The van der Waals surface area contributed by atoms with Gasteiger partial charge >= 0.3 is 0 Å². The third-order valence-electron chi connectivity index (χ3n) is 5.78. The van der Waals surface area contributed by atoms with Crippen molar-refractivity contribution in [1.82, 2.24) is 9.13 Å². The van der Waals surface area contributed by atoms with Gasteiger partial charge in [0.25, 0.3) is 0 Å². The van der Waals surface area contributed by atoms with Gasteiger partial charge in [0, 0.05) is 48.0 Å². The zero-order chi connectivity index (χ0) is 17.3. The fourth-order valence-corrected chi connectivity index (χ4v) is 4.64. The third-order valence-corrected chi connectivity index (χ3v) is 5.78. The van der Waals surface area contributed by atoms with Crippen LogP contribution in [0.5, 0.6) is 0 Å². The summed E-state index contributed by atoms with van der Waals surface area (Å²) in [5.41, 5.74) is 5.92. The zero-order valence-electron chi connectivity index (χ0n) is 15.0. The SMILES string of the molecule is c1ccc(Cn2c3c(c4ccccc42)C(Cn2cccc2)CCC3)cc1. The number of rotatable bonds is 4. The van der Waals surface area contributed by atoms with Gasteiger partial charge in [-0.05, 0) is 48.6 Å². The van der Waals surface area contributed by atoms with Gasteiger partial charge in [0.1, 0.15) is 0 Å². The van der Waals surface area contributed by atoms with Crippen LogP contribution in [0.25, 0.3) is 10.9 Å². The van der Waals surface area contributed by atoms with Gasteiger partial charge in [0.05, 0.1) is 0 Å². The lowest BCUT2D eigenvalue weighted by Crippen LogP contribution is -2.16. The first-order valence-electron chi connectivity index (χ1n) is 9.65. The molecule has 0 saturated heterocycles. The van der Waals surface area contributed by atoms with Crippen LogP contribution in [-0.4, -0.2) is 9.13 Å². The van der Waals surface area contributed by atoms with Crippen LogP contribution in [0.3, 0.4) is 0 Å². The van der Waals surface area contributed by atoms with E-state index >= 15 is 0 Å². The van der Waals surface area contributed by atoms with Gasteiger partial charge in [-0.2, -0.15) is 0 Å². The number of nitrogens with zero attached hydrogens (tertiary/aromatic N) is 2. The Bertz CT molecular complexity index is 1010. The van der Waals surface area contributed by atoms with Gasteiger partial charge in [-0.3, -0.25) is 0 Å². The first-order valence-corrected chi connectivity index (χ1v) is 9.65. The molecule has 2 nitrogen and oxygen atoms in total. The Labute approximate surface area is 154 Å². The first kappa shape index (κ1) is 15.5. The largest absolute Gasteiger partial charge is 0.354 e. The lowest BCUT2D eigenvalue weighted by molar-refractivity contribution is 0.477. The van der Waals surface area contributed by atoms with Crippen LogP contribution < -0.4 is 0 Å². The second-order valence-corrected chi connectivity index (χ2v) is 7.42. The lowest BCUT2D eigenvalue weighted by Gasteiger charge is -2.25. The molecule has 5 rings (SSSR count). The Morgan fingerprint density at radius 2 is 1.62 bits per heavy atom. The molecule has 0 bridgehead atoms. The van der Waals surface area contributed by atoms with E-state index in [1.54, 1.807) is 11.3 Å². The highest BCUT2D eigenvalue weighted by Gasteiger charge is 2.27. The van der Waals surface area contributed by atoms with E-state index in [0.29, 0.717) is 5.92 Å². The van der Waals surface area contributed by atoms with Crippen LogP contribution in [0.15, 0.2) is 79.1 Å². The van der Waals surface area contributed by atoms with E-state index in [-0.39, 0.29) is 0 Å². The van der Waals surface area contributed by atoms with Crippen LogP contribution >= 0.6 is 0 Å². The van der Waals surface area contributed by atoms with Crippen molar-refractivity contribution in [3.8, 4) is 0 Å². The molecule has 0 radical (unpaired) electrons. The Kier molecular flexibility index (Phi) is 3.89. The maximum Gasteiger partial charge on any atom is 0.0488 e. The normalized spacial score (nSPS) is 16.7.